The molecule has 76 valence electrons. The van der Waals surface area contributed by atoms with Crippen molar-refractivity contribution >= 4 is 11.6 Å². The lowest BCUT2D eigenvalue weighted by molar-refractivity contribution is -0.0203. The fraction of sp³-hybridized carbons (Fsp3) is 0.556. The molecule has 0 radical (unpaired) electrons. The predicted octanol–water partition coefficient (Wildman–Crippen LogP) is 0.386. The van der Waals surface area contributed by atoms with Gasteiger partial charge in [0.2, 0.25) is 5.95 Å². The molecule has 2 rings (SSSR count). The Balaban J connectivity index is 1.88. The maximum absolute atomic E-state index is 9.78. The number of nitrogen functional groups attached to an aromatic ring is 1. The second kappa shape index (κ2) is 3.42. The van der Waals surface area contributed by atoms with Gasteiger partial charge in [0.25, 0.3) is 0 Å². The molecule has 1 aromatic heterocycles. The van der Waals surface area contributed by atoms with Gasteiger partial charge in [0.1, 0.15) is 0 Å². The molecule has 0 saturated heterocycles. The van der Waals surface area contributed by atoms with Crippen molar-refractivity contribution in [2.24, 2.45) is 0 Å². The van der Waals surface area contributed by atoms with Crippen LogP contribution in [-0.4, -0.2) is 27.2 Å². The van der Waals surface area contributed by atoms with E-state index in [1.54, 1.807) is 12.4 Å². The molecule has 0 atom stereocenters. The highest BCUT2D eigenvalue weighted by Crippen LogP contribution is 2.31. The monoisotopic (exact) mass is 194 g/mol. The summed E-state index contributed by atoms with van der Waals surface area (Å²) in [5.41, 5.74) is 5.43. The van der Waals surface area contributed by atoms with Crippen molar-refractivity contribution in [2.75, 3.05) is 17.6 Å². The topological polar surface area (TPSA) is 84.1 Å². The lowest BCUT2D eigenvalue weighted by atomic mass is 9.80. The molecule has 4 N–H and O–H groups in total. The second-order valence-corrected chi connectivity index (χ2v) is 3.77. The van der Waals surface area contributed by atoms with Gasteiger partial charge in [0.15, 0.2) is 0 Å². The van der Waals surface area contributed by atoms with Gasteiger partial charge < -0.3 is 16.2 Å². The van der Waals surface area contributed by atoms with Crippen LogP contribution < -0.4 is 11.1 Å². The molecule has 0 unspecified atom stereocenters. The highest BCUT2D eigenvalue weighted by molar-refractivity contribution is 5.36. The molecule has 1 saturated carbocycles. The quantitative estimate of drug-likeness (QED) is 0.648. The zero-order chi connectivity index (χ0) is 10.0. The maximum atomic E-state index is 9.78. The van der Waals surface area contributed by atoms with Gasteiger partial charge in [-0.2, -0.15) is 0 Å². The van der Waals surface area contributed by atoms with Crippen LogP contribution in [0.1, 0.15) is 19.3 Å². The Morgan fingerprint density at radius 1 is 1.43 bits per heavy atom. The molecule has 0 amide bonds. The summed E-state index contributed by atoms with van der Waals surface area (Å²) >= 11 is 0. The van der Waals surface area contributed by atoms with E-state index in [1.807, 2.05) is 0 Å². The van der Waals surface area contributed by atoms with Crippen LogP contribution in [0.25, 0.3) is 0 Å². The molecule has 0 aliphatic heterocycles. The molecular formula is C9H14N4O. The van der Waals surface area contributed by atoms with Crippen LogP contribution in [0.4, 0.5) is 11.6 Å². The van der Waals surface area contributed by atoms with Gasteiger partial charge in [-0.05, 0) is 19.3 Å². The third kappa shape index (κ3) is 1.93. The van der Waals surface area contributed by atoms with Crippen molar-refractivity contribution in [1.29, 1.82) is 0 Å². The number of nitrogens with zero attached hydrogens (tertiary/aromatic N) is 2. The van der Waals surface area contributed by atoms with Crippen molar-refractivity contribution in [3.05, 3.63) is 12.4 Å². The summed E-state index contributed by atoms with van der Waals surface area (Å²) in [5, 5.41) is 12.8. The van der Waals surface area contributed by atoms with Gasteiger partial charge in [0, 0.05) is 6.54 Å². The smallest absolute Gasteiger partial charge is 0.222 e. The highest BCUT2D eigenvalue weighted by atomic mass is 16.3. The van der Waals surface area contributed by atoms with E-state index >= 15 is 0 Å². The Hall–Kier alpha value is -1.36. The van der Waals surface area contributed by atoms with Crippen LogP contribution in [0.15, 0.2) is 12.4 Å². The number of aliphatic hydroxyl groups is 1. The van der Waals surface area contributed by atoms with Gasteiger partial charge in [0.05, 0.1) is 23.7 Å². The molecule has 5 nitrogen and oxygen atoms in total. The van der Waals surface area contributed by atoms with E-state index in [1.165, 1.54) is 0 Å². The van der Waals surface area contributed by atoms with Crippen molar-refractivity contribution < 1.29 is 5.11 Å². The number of aromatic nitrogens is 2. The van der Waals surface area contributed by atoms with Crippen molar-refractivity contribution in [3.63, 3.8) is 0 Å². The third-order valence-corrected chi connectivity index (χ3v) is 2.53. The maximum Gasteiger partial charge on any atom is 0.222 e. The van der Waals surface area contributed by atoms with E-state index in [9.17, 15) is 5.11 Å². The summed E-state index contributed by atoms with van der Waals surface area (Å²) in [6.07, 6.45) is 5.89. The minimum absolute atomic E-state index is 0.511. The average Bonchev–Trinajstić information content (AvgIpc) is 2.14. The normalized spacial score (nSPS) is 18.6. The van der Waals surface area contributed by atoms with Crippen molar-refractivity contribution in [2.45, 2.75) is 24.9 Å². The first-order valence-electron chi connectivity index (χ1n) is 4.72. The summed E-state index contributed by atoms with van der Waals surface area (Å²) in [6.45, 7) is 0.511. The zero-order valence-corrected chi connectivity index (χ0v) is 7.90. The fourth-order valence-electron chi connectivity index (χ4n) is 1.43. The van der Waals surface area contributed by atoms with E-state index in [2.05, 4.69) is 15.3 Å². The van der Waals surface area contributed by atoms with Gasteiger partial charge >= 0.3 is 0 Å². The third-order valence-electron chi connectivity index (χ3n) is 2.53. The molecule has 5 heteroatoms. The Bertz CT molecular complexity index is 307. The number of hydrogen-bond donors (Lipinski definition) is 3. The largest absolute Gasteiger partial charge is 0.396 e. The van der Waals surface area contributed by atoms with Gasteiger partial charge in [-0.3, -0.25) is 0 Å². The number of nitrogens with one attached hydrogen (secondary N) is 1. The molecule has 1 fully saturated rings. The number of anilines is 2. The lowest BCUT2D eigenvalue weighted by Crippen LogP contribution is -2.43. The minimum Gasteiger partial charge on any atom is -0.396 e. The summed E-state index contributed by atoms with van der Waals surface area (Å²) < 4.78 is 0. The average molecular weight is 194 g/mol. The van der Waals surface area contributed by atoms with E-state index in [0.29, 0.717) is 18.2 Å². The fourth-order valence-corrected chi connectivity index (χ4v) is 1.43. The number of rotatable bonds is 3. The Labute approximate surface area is 82.4 Å². The van der Waals surface area contributed by atoms with Gasteiger partial charge in [-0.1, -0.05) is 0 Å². The Morgan fingerprint density at radius 2 is 2.07 bits per heavy atom. The molecule has 1 heterocycles. The molecule has 0 spiro atoms. The second-order valence-electron chi connectivity index (χ2n) is 3.77. The van der Waals surface area contributed by atoms with E-state index in [4.69, 9.17) is 5.73 Å². The summed E-state index contributed by atoms with van der Waals surface area (Å²) in [7, 11) is 0. The zero-order valence-electron chi connectivity index (χ0n) is 7.90. The SMILES string of the molecule is Nc1cnc(NCC2(O)CCC2)nc1. The first kappa shape index (κ1) is 9.21. The molecule has 1 aromatic rings. The first-order chi connectivity index (χ1) is 6.68. The van der Waals surface area contributed by atoms with E-state index in [-0.39, 0.29) is 0 Å². The van der Waals surface area contributed by atoms with Gasteiger partial charge in [-0.15, -0.1) is 0 Å². The highest BCUT2D eigenvalue weighted by Gasteiger charge is 2.34. The predicted molar refractivity (Wildman–Crippen MR) is 53.7 cm³/mol. The summed E-state index contributed by atoms with van der Waals surface area (Å²) in [4.78, 5) is 7.96. The Morgan fingerprint density at radius 3 is 2.57 bits per heavy atom. The summed E-state index contributed by atoms with van der Waals surface area (Å²) in [6, 6.07) is 0. The standard InChI is InChI=1S/C9H14N4O/c10-7-4-11-8(12-5-7)13-6-9(14)2-1-3-9/h4-5,14H,1-3,6,10H2,(H,11,12,13). The summed E-state index contributed by atoms with van der Waals surface area (Å²) in [5.74, 6) is 0.513. The lowest BCUT2D eigenvalue weighted by Gasteiger charge is -2.36. The van der Waals surface area contributed by atoms with Gasteiger partial charge in [-0.25, -0.2) is 9.97 Å². The van der Waals surface area contributed by atoms with E-state index in [0.717, 1.165) is 19.3 Å². The van der Waals surface area contributed by atoms with Crippen LogP contribution in [0.5, 0.6) is 0 Å². The van der Waals surface area contributed by atoms with E-state index < -0.39 is 5.60 Å². The van der Waals surface area contributed by atoms with Crippen LogP contribution in [0, 0.1) is 0 Å². The van der Waals surface area contributed by atoms with Crippen LogP contribution in [0.2, 0.25) is 0 Å². The molecule has 0 aromatic carbocycles. The Kier molecular flexibility index (Phi) is 2.25. The van der Waals surface area contributed by atoms with Crippen molar-refractivity contribution in [3.8, 4) is 0 Å². The van der Waals surface area contributed by atoms with Crippen LogP contribution >= 0.6 is 0 Å². The molecule has 14 heavy (non-hydrogen) atoms. The molecule has 1 aliphatic carbocycles. The number of hydrogen-bond acceptors (Lipinski definition) is 5. The first-order valence-corrected chi connectivity index (χ1v) is 4.72. The van der Waals surface area contributed by atoms with Crippen LogP contribution in [-0.2, 0) is 0 Å². The molecule has 1 aliphatic rings. The minimum atomic E-state index is -0.551. The molecule has 0 bridgehead atoms. The molecular weight excluding hydrogens is 180 g/mol. The number of nitrogens with two attached hydrogens (primary N) is 1. The van der Waals surface area contributed by atoms with Crippen LogP contribution in [0.3, 0.4) is 0 Å². The van der Waals surface area contributed by atoms with Crippen molar-refractivity contribution in [1.82, 2.24) is 9.97 Å².